The van der Waals surface area contributed by atoms with Crippen LogP contribution in [0.2, 0.25) is 0 Å². The molecule has 1 heterocycles. The van der Waals surface area contributed by atoms with E-state index in [1.165, 1.54) is 6.07 Å². The van der Waals surface area contributed by atoms with Gasteiger partial charge in [0.05, 0.1) is 0 Å². The summed E-state index contributed by atoms with van der Waals surface area (Å²) in [5.74, 6) is 1.56. The number of hydrogen-bond acceptors (Lipinski definition) is 2. The molecule has 4 heteroatoms. The number of carbonyl (C=O) groups is 1. The molecule has 0 spiro atoms. The molecule has 4 nitrogen and oxygen atoms in total. The van der Waals surface area contributed by atoms with Gasteiger partial charge in [0.1, 0.15) is 0 Å². The Bertz CT molecular complexity index is 349. The fourth-order valence-corrected chi connectivity index (χ4v) is 1.10. The molecule has 1 N–H and O–H groups in total. The molecule has 0 aliphatic carbocycles. The number of aromatic carboxylic acids is 1. The van der Waals surface area contributed by atoms with Crippen molar-refractivity contribution in [3.05, 3.63) is 18.0 Å². The molecule has 0 bridgehead atoms. The number of carboxylic acid groups (broad SMARTS) is 1. The minimum Gasteiger partial charge on any atom is -0.476 e. The molecule has 1 aromatic rings. The van der Waals surface area contributed by atoms with Gasteiger partial charge in [-0.05, 0) is 18.9 Å². The highest BCUT2D eigenvalue weighted by atomic mass is 16.4. The quantitative estimate of drug-likeness (QED) is 0.566. The monoisotopic (exact) mass is 192 g/mol. The first-order valence-electron chi connectivity index (χ1n) is 4.44. The Morgan fingerprint density at radius 2 is 2.43 bits per heavy atom. The van der Waals surface area contributed by atoms with Gasteiger partial charge in [-0.25, -0.2) is 4.79 Å². The third-order valence-corrected chi connectivity index (χ3v) is 1.82. The topological polar surface area (TPSA) is 55.1 Å². The molecule has 14 heavy (non-hydrogen) atoms. The average Bonchev–Trinajstić information content (AvgIpc) is 2.61. The van der Waals surface area contributed by atoms with Crippen LogP contribution in [0.25, 0.3) is 0 Å². The van der Waals surface area contributed by atoms with Crippen LogP contribution in [0.3, 0.4) is 0 Å². The number of rotatable bonds is 5. The van der Waals surface area contributed by atoms with Crippen molar-refractivity contribution in [2.24, 2.45) is 0 Å². The molecule has 0 aliphatic heterocycles. The molecule has 0 radical (unpaired) electrons. The Hall–Kier alpha value is -1.76. The van der Waals surface area contributed by atoms with Crippen molar-refractivity contribution in [2.75, 3.05) is 0 Å². The minimum absolute atomic E-state index is 0.0851. The van der Waals surface area contributed by atoms with Crippen LogP contribution in [0.5, 0.6) is 0 Å². The number of aryl methyl sites for hydroxylation is 1. The molecule has 0 atom stereocenters. The van der Waals surface area contributed by atoms with Gasteiger partial charge in [-0.2, -0.15) is 5.10 Å². The fourth-order valence-electron chi connectivity index (χ4n) is 1.10. The number of aromatic nitrogens is 2. The van der Waals surface area contributed by atoms with Crippen molar-refractivity contribution < 1.29 is 9.90 Å². The van der Waals surface area contributed by atoms with Crippen molar-refractivity contribution in [3.63, 3.8) is 0 Å². The second-order valence-electron chi connectivity index (χ2n) is 2.93. The summed E-state index contributed by atoms with van der Waals surface area (Å²) >= 11 is 0. The van der Waals surface area contributed by atoms with E-state index >= 15 is 0 Å². The SMILES string of the molecule is C#CCCCCn1ccc(C(=O)O)n1. The Kier molecular flexibility index (Phi) is 3.74. The van der Waals surface area contributed by atoms with E-state index in [9.17, 15) is 4.79 Å². The van der Waals surface area contributed by atoms with E-state index in [-0.39, 0.29) is 5.69 Å². The summed E-state index contributed by atoms with van der Waals surface area (Å²) in [5.41, 5.74) is 0.0851. The first-order valence-corrected chi connectivity index (χ1v) is 4.44. The second kappa shape index (κ2) is 5.07. The molecule has 0 unspecified atom stereocenters. The lowest BCUT2D eigenvalue weighted by Crippen LogP contribution is -2.02. The standard InChI is InChI=1S/C10H12N2O2/c1-2-3-4-5-7-12-8-6-9(11-12)10(13)14/h1,6,8H,3-5,7H2,(H,13,14). The summed E-state index contributed by atoms with van der Waals surface area (Å²) < 4.78 is 1.62. The molecule has 0 saturated heterocycles. The van der Waals surface area contributed by atoms with E-state index < -0.39 is 5.97 Å². The smallest absolute Gasteiger partial charge is 0.356 e. The molecule has 74 valence electrons. The minimum atomic E-state index is -0.993. The van der Waals surface area contributed by atoms with Crippen LogP contribution in [-0.4, -0.2) is 20.9 Å². The third-order valence-electron chi connectivity index (χ3n) is 1.82. The van der Waals surface area contributed by atoms with Crippen molar-refractivity contribution in [1.29, 1.82) is 0 Å². The van der Waals surface area contributed by atoms with Crippen LogP contribution in [0, 0.1) is 12.3 Å². The van der Waals surface area contributed by atoms with Crippen LogP contribution >= 0.6 is 0 Å². The van der Waals surface area contributed by atoms with E-state index in [0.717, 1.165) is 25.8 Å². The highest BCUT2D eigenvalue weighted by Gasteiger charge is 2.05. The number of nitrogens with zero attached hydrogens (tertiary/aromatic N) is 2. The summed E-state index contributed by atoms with van der Waals surface area (Å²) in [5, 5.41) is 12.5. The van der Waals surface area contributed by atoms with Gasteiger partial charge < -0.3 is 5.11 Å². The van der Waals surface area contributed by atoms with Crippen LogP contribution in [-0.2, 0) is 6.54 Å². The van der Waals surface area contributed by atoms with Crippen molar-refractivity contribution >= 4 is 5.97 Å². The zero-order valence-corrected chi connectivity index (χ0v) is 7.81. The molecular formula is C10H12N2O2. The van der Waals surface area contributed by atoms with Gasteiger partial charge in [-0.1, -0.05) is 0 Å². The Balaban J connectivity index is 2.37. The number of terminal acetylenes is 1. The van der Waals surface area contributed by atoms with E-state index in [0.29, 0.717) is 0 Å². The highest BCUT2D eigenvalue weighted by molar-refractivity contribution is 5.84. The average molecular weight is 192 g/mol. The predicted molar refractivity (Wildman–Crippen MR) is 51.9 cm³/mol. The Morgan fingerprint density at radius 3 is 3.00 bits per heavy atom. The summed E-state index contributed by atoms with van der Waals surface area (Å²) in [7, 11) is 0. The molecule has 1 aromatic heterocycles. The first-order chi connectivity index (χ1) is 6.74. The first kappa shape index (κ1) is 10.3. The van der Waals surface area contributed by atoms with Gasteiger partial charge in [0.25, 0.3) is 0 Å². The lowest BCUT2D eigenvalue weighted by molar-refractivity contribution is 0.0689. The zero-order chi connectivity index (χ0) is 10.4. The molecule has 0 saturated carbocycles. The molecule has 0 aromatic carbocycles. The summed E-state index contributed by atoms with van der Waals surface area (Å²) in [4.78, 5) is 10.5. The lowest BCUT2D eigenvalue weighted by atomic mass is 10.2. The van der Waals surface area contributed by atoms with Crippen LogP contribution in [0.1, 0.15) is 29.8 Å². The largest absolute Gasteiger partial charge is 0.476 e. The lowest BCUT2D eigenvalue weighted by Gasteiger charge is -1.98. The molecular weight excluding hydrogens is 180 g/mol. The van der Waals surface area contributed by atoms with Crippen molar-refractivity contribution in [1.82, 2.24) is 9.78 Å². The highest BCUT2D eigenvalue weighted by Crippen LogP contribution is 2.00. The molecule has 0 fully saturated rings. The summed E-state index contributed by atoms with van der Waals surface area (Å²) in [6.45, 7) is 0.717. The molecule has 0 amide bonds. The second-order valence-corrected chi connectivity index (χ2v) is 2.93. The third kappa shape index (κ3) is 2.94. The maximum absolute atomic E-state index is 10.5. The maximum atomic E-state index is 10.5. The van der Waals surface area contributed by atoms with Gasteiger partial charge in [-0.15, -0.1) is 12.3 Å². The van der Waals surface area contributed by atoms with Crippen LogP contribution in [0.15, 0.2) is 12.3 Å². The molecule has 1 rings (SSSR count). The van der Waals surface area contributed by atoms with Gasteiger partial charge in [0.15, 0.2) is 5.69 Å². The maximum Gasteiger partial charge on any atom is 0.356 e. The van der Waals surface area contributed by atoms with Gasteiger partial charge >= 0.3 is 5.97 Å². The van der Waals surface area contributed by atoms with Gasteiger partial charge in [-0.3, -0.25) is 4.68 Å². The Morgan fingerprint density at radius 1 is 1.64 bits per heavy atom. The number of unbranched alkanes of at least 4 members (excludes halogenated alkanes) is 2. The van der Waals surface area contributed by atoms with Crippen molar-refractivity contribution in [3.8, 4) is 12.3 Å². The van der Waals surface area contributed by atoms with Gasteiger partial charge in [0.2, 0.25) is 0 Å². The summed E-state index contributed by atoms with van der Waals surface area (Å²) in [6, 6.07) is 1.49. The van der Waals surface area contributed by atoms with E-state index in [2.05, 4.69) is 11.0 Å². The predicted octanol–water partition coefficient (Wildman–Crippen LogP) is 1.38. The van der Waals surface area contributed by atoms with Crippen molar-refractivity contribution in [2.45, 2.75) is 25.8 Å². The van der Waals surface area contributed by atoms with Crippen LogP contribution in [0.4, 0.5) is 0 Å². The van der Waals surface area contributed by atoms with E-state index in [1.54, 1.807) is 10.9 Å². The zero-order valence-electron chi connectivity index (χ0n) is 7.81. The van der Waals surface area contributed by atoms with E-state index in [4.69, 9.17) is 11.5 Å². The fraction of sp³-hybridized carbons (Fsp3) is 0.400. The van der Waals surface area contributed by atoms with E-state index in [1.807, 2.05) is 0 Å². The summed E-state index contributed by atoms with van der Waals surface area (Å²) in [6.07, 6.45) is 9.39. The normalized spacial score (nSPS) is 9.64. The van der Waals surface area contributed by atoms with Crippen LogP contribution < -0.4 is 0 Å². The van der Waals surface area contributed by atoms with Gasteiger partial charge in [0, 0.05) is 19.2 Å². The molecule has 0 aliphatic rings. The number of hydrogen-bond donors (Lipinski definition) is 1. The number of carboxylic acids is 1. The Labute approximate surface area is 82.5 Å².